The first-order valence-electron chi connectivity index (χ1n) is 6.92. The first kappa shape index (κ1) is 15.6. The fourth-order valence-corrected chi connectivity index (χ4v) is 2.23. The minimum atomic E-state index is -1.37. The van der Waals surface area contributed by atoms with Crippen molar-refractivity contribution in [2.75, 3.05) is 5.32 Å². The van der Waals surface area contributed by atoms with Crippen molar-refractivity contribution < 1.29 is 18.7 Å². The predicted octanol–water partition coefficient (Wildman–Crippen LogP) is 3.30. The Bertz CT molecular complexity index is 910. The van der Waals surface area contributed by atoms with Gasteiger partial charge in [-0.3, -0.25) is 4.98 Å². The normalized spacial score (nSPS) is 10.6. The number of benzene rings is 1. The molecular formula is C16H12F2N4O2. The average Bonchev–Trinajstić information content (AvgIpc) is 2.92. The maximum atomic E-state index is 13.5. The average molecular weight is 330 g/mol. The van der Waals surface area contributed by atoms with Gasteiger partial charge in [-0.15, -0.1) is 0 Å². The molecule has 0 aliphatic heterocycles. The smallest absolute Gasteiger partial charge is 0.337 e. The summed E-state index contributed by atoms with van der Waals surface area (Å²) in [5, 5.41) is 16.3. The number of nitrogens with one attached hydrogen (secondary N) is 1. The Morgan fingerprint density at radius 2 is 2.00 bits per heavy atom. The molecule has 6 nitrogen and oxygen atoms in total. The van der Waals surface area contributed by atoms with E-state index < -0.39 is 17.6 Å². The Morgan fingerprint density at radius 3 is 2.67 bits per heavy atom. The lowest BCUT2D eigenvalue weighted by Crippen LogP contribution is -2.08. The van der Waals surface area contributed by atoms with Gasteiger partial charge in [0.1, 0.15) is 5.82 Å². The van der Waals surface area contributed by atoms with Crippen LogP contribution in [0.25, 0.3) is 5.69 Å². The maximum absolute atomic E-state index is 13.5. The molecule has 0 saturated carbocycles. The second-order valence-electron chi connectivity index (χ2n) is 5.04. The lowest BCUT2D eigenvalue weighted by atomic mass is 10.1. The molecule has 0 aliphatic rings. The van der Waals surface area contributed by atoms with Crippen molar-refractivity contribution in [1.29, 1.82) is 0 Å². The minimum absolute atomic E-state index is 0.0774. The standard InChI is InChI=1S/C16H12F2N4O2/c1-9-5-15(22(21-9)10-3-2-4-19-8-10)20-14-7-13(18)12(17)6-11(14)16(23)24/h2-8,20H,1H3,(H,23,24). The molecule has 0 atom stereocenters. The van der Waals surface area contributed by atoms with Gasteiger partial charge in [-0.1, -0.05) is 0 Å². The molecule has 0 fully saturated rings. The first-order valence-corrected chi connectivity index (χ1v) is 6.92. The summed E-state index contributed by atoms with van der Waals surface area (Å²) in [5.74, 6) is -3.35. The summed E-state index contributed by atoms with van der Waals surface area (Å²) in [5.41, 5.74) is 0.824. The Morgan fingerprint density at radius 1 is 1.25 bits per heavy atom. The number of aromatic carboxylic acids is 1. The number of aryl methyl sites for hydroxylation is 1. The van der Waals surface area contributed by atoms with Gasteiger partial charge in [0.15, 0.2) is 11.6 Å². The van der Waals surface area contributed by atoms with Crippen LogP contribution in [-0.4, -0.2) is 25.8 Å². The van der Waals surface area contributed by atoms with Gasteiger partial charge in [0, 0.05) is 18.3 Å². The molecule has 2 N–H and O–H groups in total. The highest BCUT2D eigenvalue weighted by atomic mass is 19.2. The number of aromatic nitrogens is 3. The van der Waals surface area contributed by atoms with E-state index in [9.17, 15) is 18.7 Å². The number of carboxylic acid groups (broad SMARTS) is 1. The highest BCUT2D eigenvalue weighted by molar-refractivity contribution is 5.95. The molecule has 3 aromatic rings. The number of carboxylic acids is 1. The zero-order valence-electron chi connectivity index (χ0n) is 12.5. The van der Waals surface area contributed by atoms with Crippen molar-refractivity contribution in [3.05, 3.63) is 65.6 Å². The second-order valence-corrected chi connectivity index (χ2v) is 5.04. The number of pyridine rings is 1. The molecule has 0 unspecified atom stereocenters. The van der Waals surface area contributed by atoms with Crippen molar-refractivity contribution in [1.82, 2.24) is 14.8 Å². The van der Waals surface area contributed by atoms with Crippen molar-refractivity contribution in [2.45, 2.75) is 6.92 Å². The lowest BCUT2D eigenvalue weighted by molar-refractivity contribution is 0.0697. The number of carbonyl (C=O) groups is 1. The topological polar surface area (TPSA) is 80.0 Å². The Balaban J connectivity index is 2.07. The number of nitrogens with zero attached hydrogens (tertiary/aromatic N) is 3. The molecule has 0 spiro atoms. The number of hydrogen-bond donors (Lipinski definition) is 2. The summed E-state index contributed by atoms with van der Waals surface area (Å²) < 4.78 is 28.3. The maximum Gasteiger partial charge on any atom is 0.337 e. The van der Waals surface area contributed by atoms with E-state index in [1.807, 2.05) is 0 Å². The van der Waals surface area contributed by atoms with E-state index >= 15 is 0 Å². The van der Waals surface area contributed by atoms with Crippen molar-refractivity contribution in [2.24, 2.45) is 0 Å². The molecule has 0 saturated heterocycles. The van der Waals surface area contributed by atoms with E-state index in [-0.39, 0.29) is 11.3 Å². The van der Waals surface area contributed by atoms with E-state index in [0.29, 0.717) is 23.3 Å². The fourth-order valence-electron chi connectivity index (χ4n) is 2.23. The second kappa shape index (κ2) is 6.07. The molecule has 8 heteroatoms. The van der Waals surface area contributed by atoms with E-state index in [0.717, 1.165) is 6.07 Å². The third-order valence-electron chi connectivity index (χ3n) is 3.28. The molecule has 0 amide bonds. The van der Waals surface area contributed by atoms with Gasteiger partial charge in [-0.2, -0.15) is 5.10 Å². The van der Waals surface area contributed by atoms with Gasteiger partial charge in [-0.05, 0) is 25.1 Å². The zero-order chi connectivity index (χ0) is 17.3. The SMILES string of the molecule is Cc1cc(Nc2cc(F)c(F)cc2C(=O)O)n(-c2cccnc2)n1. The van der Waals surface area contributed by atoms with Crippen LogP contribution in [0.1, 0.15) is 16.1 Å². The van der Waals surface area contributed by atoms with Gasteiger partial charge >= 0.3 is 5.97 Å². The van der Waals surface area contributed by atoms with Crippen LogP contribution in [0, 0.1) is 18.6 Å². The largest absolute Gasteiger partial charge is 0.478 e. The summed E-state index contributed by atoms with van der Waals surface area (Å²) in [4.78, 5) is 15.3. The van der Waals surface area contributed by atoms with Gasteiger partial charge < -0.3 is 10.4 Å². The van der Waals surface area contributed by atoms with E-state index in [2.05, 4.69) is 15.4 Å². The number of rotatable bonds is 4. The third-order valence-corrected chi connectivity index (χ3v) is 3.28. The number of hydrogen-bond acceptors (Lipinski definition) is 4. The quantitative estimate of drug-likeness (QED) is 0.767. The van der Waals surface area contributed by atoms with Gasteiger partial charge in [-0.25, -0.2) is 18.3 Å². The van der Waals surface area contributed by atoms with E-state index in [1.165, 1.54) is 4.68 Å². The van der Waals surface area contributed by atoms with Crippen LogP contribution in [0.5, 0.6) is 0 Å². The van der Waals surface area contributed by atoms with Gasteiger partial charge in [0.2, 0.25) is 0 Å². The van der Waals surface area contributed by atoms with Crippen LogP contribution in [0.4, 0.5) is 20.3 Å². The minimum Gasteiger partial charge on any atom is -0.478 e. The van der Waals surface area contributed by atoms with Gasteiger partial charge in [0.05, 0.1) is 28.8 Å². The van der Waals surface area contributed by atoms with Crippen molar-refractivity contribution in [3.8, 4) is 5.69 Å². The van der Waals surface area contributed by atoms with Crippen LogP contribution in [0.2, 0.25) is 0 Å². The highest BCUT2D eigenvalue weighted by Gasteiger charge is 2.17. The Kier molecular flexibility index (Phi) is 3.95. The van der Waals surface area contributed by atoms with E-state index in [4.69, 9.17) is 0 Å². The van der Waals surface area contributed by atoms with Crippen molar-refractivity contribution >= 4 is 17.5 Å². The molecule has 24 heavy (non-hydrogen) atoms. The molecular weight excluding hydrogens is 318 g/mol. The molecule has 122 valence electrons. The van der Waals surface area contributed by atoms with Crippen LogP contribution >= 0.6 is 0 Å². The zero-order valence-corrected chi connectivity index (χ0v) is 12.5. The van der Waals surface area contributed by atoms with Crippen LogP contribution in [0.15, 0.2) is 42.7 Å². The predicted molar refractivity (Wildman–Crippen MR) is 82.7 cm³/mol. The fraction of sp³-hybridized carbons (Fsp3) is 0.0625. The molecule has 0 bridgehead atoms. The highest BCUT2D eigenvalue weighted by Crippen LogP contribution is 2.26. The molecule has 2 heterocycles. The summed E-state index contributed by atoms with van der Waals surface area (Å²) in [6.45, 7) is 1.75. The Hall–Kier alpha value is -3.29. The summed E-state index contributed by atoms with van der Waals surface area (Å²) in [7, 11) is 0. The van der Waals surface area contributed by atoms with Crippen LogP contribution < -0.4 is 5.32 Å². The van der Waals surface area contributed by atoms with E-state index in [1.54, 1.807) is 37.5 Å². The lowest BCUT2D eigenvalue weighted by Gasteiger charge is -2.12. The number of anilines is 2. The van der Waals surface area contributed by atoms with Crippen molar-refractivity contribution in [3.63, 3.8) is 0 Å². The summed E-state index contributed by atoms with van der Waals surface area (Å²) >= 11 is 0. The van der Waals surface area contributed by atoms with Crippen LogP contribution in [0.3, 0.4) is 0 Å². The number of halogens is 2. The monoisotopic (exact) mass is 330 g/mol. The molecule has 2 aromatic heterocycles. The Labute approximate surface area is 135 Å². The van der Waals surface area contributed by atoms with Crippen LogP contribution in [-0.2, 0) is 0 Å². The van der Waals surface area contributed by atoms with Gasteiger partial charge in [0.25, 0.3) is 0 Å². The first-order chi connectivity index (χ1) is 11.5. The molecule has 1 aromatic carbocycles. The summed E-state index contributed by atoms with van der Waals surface area (Å²) in [6.07, 6.45) is 3.17. The molecule has 0 aliphatic carbocycles. The molecule has 3 rings (SSSR count). The molecule has 0 radical (unpaired) electrons. The third kappa shape index (κ3) is 2.94. The summed E-state index contributed by atoms with van der Waals surface area (Å²) in [6, 6.07) is 6.57.